The van der Waals surface area contributed by atoms with Crippen LogP contribution in [0, 0.1) is 0 Å². The zero-order valence-electron chi connectivity index (χ0n) is 38.6. The van der Waals surface area contributed by atoms with Crippen molar-refractivity contribution >= 4 is 17.9 Å². The van der Waals surface area contributed by atoms with Crippen LogP contribution in [-0.4, -0.2) is 37.2 Å². The summed E-state index contributed by atoms with van der Waals surface area (Å²) in [5.74, 6) is -0.853. The van der Waals surface area contributed by atoms with Gasteiger partial charge in [-0.15, -0.1) is 0 Å². The quantitative estimate of drug-likeness (QED) is 0.0346. The second-order valence-electron chi connectivity index (χ2n) is 17.5. The highest BCUT2D eigenvalue weighted by molar-refractivity contribution is 5.71. The number of carbonyl (C=O) groups excluding carboxylic acids is 3. The van der Waals surface area contributed by atoms with Gasteiger partial charge in [0.15, 0.2) is 6.10 Å². The van der Waals surface area contributed by atoms with Gasteiger partial charge in [0.25, 0.3) is 0 Å². The number of ether oxygens (including phenoxy) is 3. The van der Waals surface area contributed by atoms with Crippen molar-refractivity contribution in [3.63, 3.8) is 0 Å². The van der Waals surface area contributed by atoms with Gasteiger partial charge in [0.2, 0.25) is 0 Å². The molecule has 0 saturated heterocycles. The second kappa shape index (κ2) is 47.1. The van der Waals surface area contributed by atoms with Crippen molar-refractivity contribution in [2.75, 3.05) is 13.2 Å². The molecule has 0 fully saturated rings. The third kappa shape index (κ3) is 45.3. The highest BCUT2D eigenvalue weighted by atomic mass is 16.6. The lowest BCUT2D eigenvalue weighted by Crippen LogP contribution is -2.30. The molecular weight excluding hydrogens is 709 g/mol. The maximum Gasteiger partial charge on any atom is 0.306 e. The maximum atomic E-state index is 12.7. The van der Waals surface area contributed by atoms with Crippen LogP contribution in [0.1, 0.15) is 290 Å². The minimum absolute atomic E-state index is 0.0627. The van der Waals surface area contributed by atoms with Crippen LogP contribution >= 0.6 is 0 Å². The van der Waals surface area contributed by atoms with Crippen LogP contribution in [0.15, 0.2) is 0 Å². The summed E-state index contributed by atoms with van der Waals surface area (Å²) in [6.45, 7) is 6.63. The van der Waals surface area contributed by atoms with Gasteiger partial charge in [-0.25, -0.2) is 0 Å². The Morgan fingerprint density at radius 1 is 0.281 bits per heavy atom. The molecular formula is C51H98O6. The van der Waals surface area contributed by atoms with Gasteiger partial charge in [0, 0.05) is 19.3 Å². The smallest absolute Gasteiger partial charge is 0.306 e. The molecule has 0 N–H and O–H groups in total. The summed E-state index contributed by atoms with van der Waals surface area (Å²) in [4.78, 5) is 37.7. The Morgan fingerprint density at radius 3 is 0.702 bits per heavy atom. The van der Waals surface area contributed by atoms with E-state index >= 15 is 0 Å². The predicted octanol–water partition coefficient (Wildman–Crippen LogP) is 16.4. The minimum Gasteiger partial charge on any atom is -0.462 e. The van der Waals surface area contributed by atoms with E-state index in [2.05, 4.69) is 20.8 Å². The van der Waals surface area contributed by atoms with Gasteiger partial charge in [-0.2, -0.15) is 0 Å². The first kappa shape index (κ1) is 55.4. The lowest BCUT2D eigenvalue weighted by atomic mass is 10.0. The molecule has 0 aliphatic heterocycles. The van der Waals surface area contributed by atoms with Crippen LogP contribution in [0.25, 0.3) is 0 Å². The second-order valence-corrected chi connectivity index (χ2v) is 17.5. The van der Waals surface area contributed by atoms with E-state index in [1.807, 2.05) is 0 Å². The third-order valence-corrected chi connectivity index (χ3v) is 11.6. The number of rotatable bonds is 47. The normalized spacial score (nSPS) is 11.8. The van der Waals surface area contributed by atoms with Gasteiger partial charge in [-0.1, -0.05) is 252 Å². The van der Waals surface area contributed by atoms with Crippen LogP contribution in [-0.2, 0) is 28.6 Å². The van der Waals surface area contributed by atoms with Gasteiger partial charge < -0.3 is 14.2 Å². The lowest BCUT2D eigenvalue weighted by molar-refractivity contribution is -0.167. The Balaban J connectivity index is 4.10. The van der Waals surface area contributed by atoms with E-state index in [0.717, 1.165) is 57.8 Å². The first-order valence-corrected chi connectivity index (χ1v) is 25.5. The van der Waals surface area contributed by atoms with E-state index in [0.29, 0.717) is 19.3 Å². The van der Waals surface area contributed by atoms with Gasteiger partial charge in [-0.3, -0.25) is 14.4 Å². The first-order valence-electron chi connectivity index (χ1n) is 25.5. The zero-order valence-corrected chi connectivity index (χ0v) is 38.6. The fraction of sp³-hybridized carbons (Fsp3) is 0.941. The van der Waals surface area contributed by atoms with Gasteiger partial charge >= 0.3 is 17.9 Å². The van der Waals surface area contributed by atoms with E-state index in [-0.39, 0.29) is 31.1 Å². The summed E-state index contributed by atoms with van der Waals surface area (Å²) < 4.78 is 16.7. The van der Waals surface area contributed by atoms with Crippen LogP contribution in [0.2, 0.25) is 0 Å². The molecule has 0 aromatic rings. The molecule has 0 aromatic heterocycles. The highest BCUT2D eigenvalue weighted by Crippen LogP contribution is 2.17. The predicted molar refractivity (Wildman–Crippen MR) is 243 cm³/mol. The SMILES string of the molecule is CCCCCCCCCCCCCCCCCCCCCCCC(=O)OCC(COC(=O)CCCCCCCCC)OC(=O)CCCCCCCCCCCCC. The fourth-order valence-electron chi connectivity index (χ4n) is 7.74. The zero-order chi connectivity index (χ0) is 41.5. The lowest BCUT2D eigenvalue weighted by Gasteiger charge is -2.18. The topological polar surface area (TPSA) is 78.9 Å². The summed E-state index contributed by atoms with van der Waals surface area (Å²) in [5.41, 5.74) is 0. The van der Waals surface area contributed by atoms with Crippen molar-refractivity contribution in [2.24, 2.45) is 0 Å². The Bertz CT molecular complexity index is 844. The molecule has 1 atom stereocenters. The standard InChI is InChI=1S/C51H98O6/c1-4-7-10-13-16-18-20-21-22-23-24-25-26-27-28-29-31-32-35-38-41-44-50(53)56-47-48(46-55-49(52)43-40-37-34-15-12-9-6-3)57-51(54)45-42-39-36-33-30-19-17-14-11-8-5-2/h48H,4-47H2,1-3H3. The molecule has 0 rings (SSSR count). The average molecular weight is 807 g/mol. The number of esters is 3. The van der Waals surface area contributed by atoms with E-state index in [1.54, 1.807) is 0 Å². The Labute approximate surface area is 355 Å². The first-order chi connectivity index (χ1) is 28.0. The van der Waals surface area contributed by atoms with Crippen molar-refractivity contribution in [3.05, 3.63) is 0 Å². The molecule has 6 nitrogen and oxygen atoms in total. The summed E-state index contributed by atoms with van der Waals surface area (Å²) >= 11 is 0. The van der Waals surface area contributed by atoms with Crippen molar-refractivity contribution in [3.8, 4) is 0 Å². The molecule has 0 aromatic carbocycles. The molecule has 6 heteroatoms. The molecule has 0 heterocycles. The van der Waals surface area contributed by atoms with Gasteiger partial charge in [0.1, 0.15) is 13.2 Å². The Morgan fingerprint density at radius 2 is 0.474 bits per heavy atom. The summed E-state index contributed by atoms with van der Waals surface area (Å²) in [7, 11) is 0. The Hall–Kier alpha value is -1.59. The minimum atomic E-state index is -0.758. The van der Waals surface area contributed by atoms with E-state index in [9.17, 15) is 14.4 Å². The summed E-state index contributed by atoms with van der Waals surface area (Å²) in [5, 5.41) is 0. The maximum absolute atomic E-state index is 12.7. The van der Waals surface area contributed by atoms with Crippen molar-refractivity contribution < 1.29 is 28.6 Å². The molecule has 57 heavy (non-hydrogen) atoms. The van der Waals surface area contributed by atoms with Crippen molar-refractivity contribution in [1.29, 1.82) is 0 Å². The van der Waals surface area contributed by atoms with Crippen LogP contribution in [0.3, 0.4) is 0 Å². The number of hydrogen-bond donors (Lipinski definition) is 0. The molecule has 0 spiro atoms. The molecule has 0 aliphatic rings. The molecule has 0 amide bonds. The van der Waals surface area contributed by atoms with Crippen molar-refractivity contribution in [1.82, 2.24) is 0 Å². The Kier molecular flexibility index (Phi) is 45.8. The van der Waals surface area contributed by atoms with Crippen LogP contribution in [0.5, 0.6) is 0 Å². The highest BCUT2D eigenvalue weighted by Gasteiger charge is 2.19. The largest absolute Gasteiger partial charge is 0.462 e. The van der Waals surface area contributed by atoms with Gasteiger partial charge in [0.05, 0.1) is 0 Å². The molecule has 1 unspecified atom stereocenters. The monoisotopic (exact) mass is 807 g/mol. The third-order valence-electron chi connectivity index (χ3n) is 11.6. The molecule has 0 radical (unpaired) electrons. The van der Waals surface area contributed by atoms with E-state index < -0.39 is 6.10 Å². The number of carbonyl (C=O) groups is 3. The summed E-state index contributed by atoms with van der Waals surface area (Å²) in [6, 6.07) is 0. The number of hydrogen-bond acceptors (Lipinski definition) is 6. The molecule has 0 aliphatic carbocycles. The molecule has 0 bridgehead atoms. The van der Waals surface area contributed by atoms with Crippen molar-refractivity contribution in [2.45, 2.75) is 297 Å². The number of unbranched alkanes of at least 4 members (excludes halogenated alkanes) is 36. The van der Waals surface area contributed by atoms with E-state index in [4.69, 9.17) is 14.2 Å². The molecule has 0 saturated carbocycles. The van der Waals surface area contributed by atoms with Gasteiger partial charge in [-0.05, 0) is 19.3 Å². The average Bonchev–Trinajstić information content (AvgIpc) is 3.21. The molecule has 338 valence electrons. The van der Waals surface area contributed by atoms with E-state index in [1.165, 1.54) is 193 Å². The fourth-order valence-corrected chi connectivity index (χ4v) is 7.74. The van der Waals surface area contributed by atoms with Crippen LogP contribution < -0.4 is 0 Å². The van der Waals surface area contributed by atoms with Crippen LogP contribution in [0.4, 0.5) is 0 Å². The summed E-state index contributed by atoms with van der Waals surface area (Å²) in [6.07, 6.45) is 49.7.